The van der Waals surface area contributed by atoms with Crippen LogP contribution < -0.4 is 4.72 Å². The lowest BCUT2D eigenvalue weighted by Gasteiger charge is -2.19. The Labute approximate surface area is 106 Å². The van der Waals surface area contributed by atoms with Crippen molar-refractivity contribution in [1.29, 1.82) is 0 Å². The van der Waals surface area contributed by atoms with E-state index >= 15 is 0 Å². The van der Waals surface area contributed by atoms with Gasteiger partial charge in [0, 0.05) is 0 Å². The zero-order valence-electron chi connectivity index (χ0n) is 10.6. The second-order valence-electron chi connectivity index (χ2n) is 5.24. The van der Waals surface area contributed by atoms with Gasteiger partial charge in [-0.15, -0.1) is 0 Å². The molecular weight excluding hydrogens is 262 g/mol. The molecule has 0 aromatic rings. The summed E-state index contributed by atoms with van der Waals surface area (Å²) in [5, 5.41) is 17.2. The first-order valence-electron chi connectivity index (χ1n) is 5.37. The molecule has 0 aromatic carbocycles. The molecule has 0 spiro atoms. The van der Waals surface area contributed by atoms with E-state index in [9.17, 15) is 18.0 Å². The topological polar surface area (TPSA) is 121 Å². The van der Waals surface area contributed by atoms with Crippen molar-refractivity contribution in [3.8, 4) is 0 Å². The quantitative estimate of drug-likeness (QED) is 0.616. The molecule has 8 heteroatoms. The smallest absolute Gasteiger partial charge is 0.322 e. The van der Waals surface area contributed by atoms with Crippen molar-refractivity contribution in [3.05, 3.63) is 0 Å². The van der Waals surface area contributed by atoms with E-state index in [1.165, 1.54) is 0 Å². The van der Waals surface area contributed by atoms with Gasteiger partial charge in [-0.05, 0) is 11.8 Å². The van der Waals surface area contributed by atoms with Gasteiger partial charge in [0.25, 0.3) is 0 Å². The van der Waals surface area contributed by atoms with E-state index in [-0.39, 0.29) is 11.2 Å². The summed E-state index contributed by atoms with van der Waals surface area (Å²) in [6.45, 7) is 5.57. The number of hydrogen-bond donors (Lipinski definition) is 3. The van der Waals surface area contributed by atoms with Gasteiger partial charge in [0.15, 0.2) is 0 Å². The van der Waals surface area contributed by atoms with Crippen LogP contribution in [0.15, 0.2) is 0 Å². The van der Waals surface area contributed by atoms with Gasteiger partial charge in [-0.1, -0.05) is 20.8 Å². The molecule has 0 bridgehead atoms. The number of carbonyl (C=O) groups is 2. The highest BCUT2D eigenvalue weighted by Gasteiger charge is 2.27. The number of aliphatic carboxylic acids is 2. The minimum absolute atomic E-state index is 0.208. The predicted molar refractivity (Wildman–Crippen MR) is 64.7 cm³/mol. The number of rotatable bonds is 7. The van der Waals surface area contributed by atoms with Crippen LogP contribution in [-0.2, 0) is 19.6 Å². The first kappa shape index (κ1) is 16.9. The minimum atomic E-state index is -3.80. The maximum Gasteiger partial charge on any atom is 0.322 e. The number of sulfonamides is 1. The Bertz CT molecular complexity index is 409. The molecule has 3 N–H and O–H groups in total. The molecule has 0 radical (unpaired) electrons. The molecule has 0 aliphatic carbocycles. The van der Waals surface area contributed by atoms with Crippen LogP contribution in [0.4, 0.5) is 0 Å². The Morgan fingerprint density at radius 1 is 1.22 bits per heavy atom. The number of carboxylic acids is 2. The first-order valence-corrected chi connectivity index (χ1v) is 7.03. The highest BCUT2D eigenvalue weighted by molar-refractivity contribution is 7.89. The first-order chi connectivity index (χ1) is 7.93. The van der Waals surface area contributed by atoms with Crippen LogP contribution in [-0.4, -0.2) is 42.4 Å². The van der Waals surface area contributed by atoms with Crippen LogP contribution in [0, 0.1) is 5.41 Å². The number of nitrogens with one attached hydrogen (secondary N) is 1. The van der Waals surface area contributed by atoms with Gasteiger partial charge in [-0.25, -0.2) is 13.1 Å². The van der Waals surface area contributed by atoms with E-state index in [1.807, 2.05) is 25.5 Å². The normalized spacial score (nSPS) is 14.2. The molecule has 0 heterocycles. The maximum absolute atomic E-state index is 11.6. The molecule has 7 nitrogen and oxygen atoms in total. The lowest BCUT2D eigenvalue weighted by molar-refractivity contribution is -0.145. The molecule has 0 rings (SSSR count). The van der Waals surface area contributed by atoms with Gasteiger partial charge < -0.3 is 10.2 Å². The fraction of sp³-hybridized carbons (Fsp3) is 0.800. The largest absolute Gasteiger partial charge is 0.481 e. The Balaban J connectivity index is 4.62. The van der Waals surface area contributed by atoms with Crippen LogP contribution in [0.5, 0.6) is 0 Å². The Morgan fingerprint density at radius 2 is 1.72 bits per heavy atom. The molecule has 0 amide bonds. The fourth-order valence-corrected chi connectivity index (χ4v) is 2.69. The molecule has 0 aromatic heterocycles. The summed E-state index contributed by atoms with van der Waals surface area (Å²) in [6.07, 6.45) is -0.439. The summed E-state index contributed by atoms with van der Waals surface area (Å²) < 4.78 is 25.1. The third-order valence-electron chi connectivity index (χ3n) is 2.12. The third-order valence-corrected chi connectivity index (χ3v) is 3.50. The van der Waals surface area contributed by atoms with Crippen LogP contribution in [0.2, 0.25) is 0 Å². The molecule has 0 aliphatic rings. The summed E-state index contributed by atoms with van der Waals surface area (Å²) >= 11 is 0. The van der Waals surface area contributed by atoms with Gasteiger partial charge in [0.1, 0.15) is 6.04 Å². The maximum atomic E-state index is 11.6. The number of carboxylic acid groups (broad SMARTS) is 2. The predicted octanol–water partition coefficient (Wildman–Crippen LogP) is 0.270. The average Bonchev–Trinajstić information content (AvgIpc) is 2.11. The SMILES string of the molecule is CC(C)(C)CCS(=O)(=O)N[C@H](CC(=O)O)C(=O)O. The highest BCUT2D eigenvalue weighted by Crippen LogP contribution is 2.19. The van der Waals surface area contributed by atoms with E-state index in [2.05, 4.69) is 0 Å². The van der Waals surface area contributed by atoms with E-state index in [1.54, 1.807) is 0 Å². The van der Waals surface area contributed by atoms with Crippen molar-refractivity contribution < 1.29 is 28.2 Å². The average molecular weight is 281 g/mol. The van der Waals surface area contributed by atoms with Crippen LogP contribution in [0.1, 0.15) is 33.6 Å². The van der Waals surface area contributed by atoms with Crippen molar-refractivity contribution in [2.75, 3.05) is 5.75 Å². The third kappa shape index (κ3) is 8.02. The molecule has 0 aliphatic heterocycles. The molecule has 0 saturated carbocycles. The molecule has 0 fully saturated rings. The molecule has 18 heavy (non-hydrogen) atoms. The zero-order valence-corrected chi connectivity index (χ0v) is 11.5. The standard InChI is InChI=1S/C10H19NO6S/c1-10(2,3)4-5-18(16,17)11-7(9(14)15)6-8(12)13/h7,11H,4-6H2,1-3H3,(H,12,13)(H,14,15)/t7-/m1/s1. The molecule has 106 valence electrons. The second-order valence-corrected chi connectivity index (χ2v) is 7.11. The zero-order chi connectivity index (χ0) is 14.6. The molecule has 1 atom stereocenters. The summed E-state index contributed by atoms with van der Waals surface area (Å²) in [6, 6.07) is -1.63. The Morgan fingerprint density at radius 3 is 2.06 bits per heavy atom. The van der Waals surface area contributed by atoms with Crippen molar-refractivity contribution in [2.45, 2.75) is 39.7 Å². The van der Waals surface area contributed by atoms with Gasteiger partial charge >= 0.3 is 11.9 Å². The van der Waals surface area contributed by atoms with Crippen molar-refractivity contribution >= 4 is 22.0 Å². The van der Waals surface area contributed by atoms with Crippen LogP contribution in [0.3, 0.4) is 0 Å². The molecule has 0 unspecified atom stereocenters. The van der Waals surface area contributed by atoms with Gasteiger partial charge in [0.05, 0.1) is 12.2 Å². The molecule has 0 saturated heterocycles. The summed E-state index contributed by atoms with van der Waals surface area (Å²) in [4.78, 5) is 21.1. The number of hydrogen-bond acceptors (Lipinski definition) is 4. The van der Waals surface area contributed by atoms with E-state index < -0.39 is 34.4 Å². The van der Waals surface area contributed by atoms with E-state index in [0.717, 1.165) is 0 Å². The molecular formula is C10H19NO6S. The minimum Gasteiger partial charge on any atom is -0.481 e. The Kier molecular flexibility index (Phi) is 5.75. The van der Waals surface area contributed by atoms with Crippen molar-refractivity contribution in [3.63, 3.8) is 0 Å². The van der Waals surface area contributed by atoms with E-state index in [0.29, 0.717) is 6.42 Å². The van der Waals surface area contributed by atoms with Gasteiger partial charge in [0.2, 0.25) is 10.0 Å². The monoisotopic (exact) mass is 281 g/mol. The second kappa shape index (κ2) is 6.14. The summed E-state index contributed by atoms with van der Waals surface area (Å²) in [5.74, 6) is -3.11. The highest BCUT2D eigenvalue weighted by atomic mass is 32.2. The fourth-order valence-electron chi connectivity index (χ4n) is 1.07. The van der Waals surface area contributed by atoms with Crippen LogP contribution >= 0.6 is 0 Å². The van der Waals surface area contributed by atoms with Crippen molar-refractivity contribution in [1.82, 2.24) is 4.72 Å². The van der Waals surface area contributed by atoms with Gasteiger partial charge in [-0.2, -0.15) is 0 Å². The van der Waals surface area contributed by atoms with Crippen molar-refractivity contribution in [2.24, 2.45) is 5.41 Å². The lowest BCUT2D eigenvalue weighted by Crippen LogP contribution is -2.43. The van der Waals surface area contributed by atoms with Gasteiger partial charge in [-0.3, -0.25) is 9.59 Å². The summed E-state index contributed by atoms with van der Waals surface area (Å²) in [7, 11) is -3.80. The lowest BCUT2D eigenvalue weighted by atomic mass is 9.94. The van der Waals surface area contributed by atoms with E-state index in [4.69, 9.17) is 10.2 Å². The summed E-state index contributed by atoms with van der Waals surface area (Å²) in [5.41, 5.74) is -0.208. The Hall–Kier alpha value is -1.15. The van der Waals surface area contributed by atoms with Crippen LogP contribution in [0.25, 0.3) is 0 Å².